The van der Waals surface area contributed by atoms with E-state index in [1.807, 2.05) is 18.2 Å². The van der Waals surface area contributed by atoms with Gasteiger partial charge in [0.15, 0.2) is 0 Å². The number of hydrogen-bond acceptors (Lipinski definition) is 5. The van der Waals surface area contributed by atoms with Crippen molar-refractivity contribution in [2.45, 2.75) is 26.3 Å². The third-order valence-corrected chi connectivity index (χ3v) is 5.02. The van der Waals surface area contributed by atoms with Gasteiger partial charge in [-0.05, 0) is 50.7 Å². The first-order chi connectivity index (χ1) is 13.0. The number of carbonyl (C=O) groups excluding carboxylic acids is 1. The summed E-state index contributed by atoms with van der Waals surface area (Å²) in [6, 6.07) is 10.2. The number of amides is 1. The van der Waals surface area contributed by atoms with Crippen molar-refractivity contribution >= 4 is 23.0 Å². The van der Waals surface area contributed by atoms with Crippen molar-refractivity contribution in [2.75, 3.05) is 48.8 Å². The Morgan fingerprint density at radius 2 is 1.81 bits per heavy atom. The Kier molecular flexibility index (Phi) is 6.29. The molecule has 27 heavy (non-hydrogen) atoms. The molecular formula is C21H29N5O. The van der Waals surface area contributed by atoms with E-state index in [-0.39, 0.29) is 5.91 Å². The summed E-state index contributed by atoms with van der Waals surface area (Å²) in [5, 5.41) is 6.30. The fourth-order valence-corrected chi connectivity index (χ4v) is 3.05. The molecule has 1 aliphatic rings. The molecule has 3 rings (SSSR count). The van der Waals surface area contributed by atoms with Crippen LogP contribution in [0.4, 0.5) is 17.1 Å². The zero-order valence-corrected chi connectivity index (χ0v) is 16.4. The first-order valence-corrected chi connectivity index (χ1v) is 9.61. The molecule has 6 nitrogen and oxygen atoms in total. The number of likely N-dealkylation sites (N-methyl/N-ethyl adjacent to an activating group) is 1. The van der Waals surface area contributed by atoms with Crippen molar-refractivity contribution in [1.82, 2.24) is 9.88 Å². The van der Waals surface area contributed by atoms with Gasteiger partial charge in [-0.3, -0.25) is 9.78 Å². The van der Waals surface area contributed by atoms with Crippen molar-refractivity contribution in [3.63, 3.8) is 0 Å². The molecule has 0 spiro atoms. The van der Waals surface area contributed by atoms with Crippen LogP contribution in [0.3, 0.4) is 0 Å². The van der Waals surface area contributed by atoms with Gasteiger partial charge >= 0.3 is 0 Å². The van der Waals surface area contributed by atoms with E-state index < -0.39 is 0 Å². The van der Waals surface area contributed by atoms with Gasteiger partial charge < -0.3 is 20.4 Å². The number of nitrogens with zero attached hydrogens (tertiary/aromatic N) is 3. The smallest absolute Gasteiger partial charge is 0.257 e. The molecule has 0 saturated carbocycles. The Balaban J connectivity index is 1.61. The van der Waals surface area contributed by atoms with E-state index in [1.54, 1.807) is 12.4 Å². The average molecular weight is 367 g/mol. The first-order valence-electron chi connectivity index (χ1n) is 9.61. The second-order valence-electron chi connectivity index (χ2n) is 7.21. The SMILES string of the molecule is CCC(C)Nc1cncc(C(=O)Nc2ccc(N3CCN(C)CC3)cc2)c1. The van der Waals surface area contributed by atoms with Crippen LogP contribution in [-0.2, 0) is 0 Å². The lowest BCUT2D eigenvalue weighted by Crippen LogP contribution is -2.44. The summed E-state index contributed by atoms with van der Waals surface area (Å²) in [6.45, 7) is 8.44. The van der Waals surface area contributed by atoms with Gasteiger partial charge in [-0.25, -0.2) is 0 Å². The molecule has 2 heterocycles. The Morgan fingerprint density at radius 1 is 1.11 bits per heavy atom. The van der Waals surface area contributed by atoms with Crippen LogP contribution in [0.25, 0.3) is 0 Å². The summed E-state index contributed by atoms with van der Waals surface area (Å²) >= 11 is 0. The molecule has 1 amide bonds. The zero-order chi connectivity index (χ0) is 19.2. The number of rotatable bonds is 6. The van der Waals surface area contributed by atoms with Crippen LogP contribution in [0.15, 0.2) is 42.7 Å². The zero-order valence-electron chi connectivity index (χ0n) is 16.4. The standard InChI is InChI=1S/C21H29N5O/c1-4-16(2)23-19-13-17(14-22-15-19)21(27)24-18-5-7-20(8-6-18)26-11-9-25(3)10-12-26/h5-8,13-16,23H,4,9-12H2,1-3H3,(H,24,27). The van der Waals surface area contributed by atoms with Gasteiger partial charge in [0.2, 0.25) is 0 Å². The lowest BCUT2D eigenvalue weighted by molar-refractivity contribution is 0.102. The van der Waals surface area contributed by atoms with E-state index in [2.05, 4.69) is 58.4 Å². The van der Waals surface area contributed by atoms with E-state index in [1.165, 1.54) is 5.69 Å². The molecule has 1 saturated heterocycles. The minimum Gasteiger partial charge on any atom is -0.381 e. The number of piperazine rings is 1. The van der Waals surface area contributed by atoms with Crippen LogP contribution in [0.2, 0.25) is 0 Å². The molecule has 1 atom stereocenters. The fourth-order valence-electron chi connectivity index (χ4n) is 3.05. The minimum absolute atomic E-state index is 0.150. The monoisotopic (exact) mass is 367 g/mol. The number of pyridine rings is 1. The summed E-state index contributed by atoms with van der Waals surface area (Å²) < 4.78 is 0. The van der Waals surface area contributed by atoms with Crippen LogP contribution >= 0.6 is 0 Å². The molecule has 0 radical (unpaired) electrons. The summed E-state index contributed by atoms with van der Waals surface area (Å²) in [6.07, 6.45) is 4.35. The van der Waals surface area contributed by atoms with Gasteiger partial charge in [0.05, 0.1) is 11.3 Å². The molecule has 2 N–H and O–H groups in total. The van der Waals surface area contributed by atoms with Crippen molar-refractivity contribution in [3.8, 4) is 0 Å². The van der Waals surface area contributed by atoms with Crippen LogP contribution in [0, 0.1) is 0 Å². The van der Waals surface area contributed by atoms with Gasteiger partial charge in [-0.15, -0.1) is 0 Å². The highest BCUT2D eigenvalue weighted by molar-refractivity contribution is 6.04. The van der Waals surface area contributed by atoms with Crippen LogP contribution < -0.4 is 15.5 Å². The van der Waals surface area contributed by atoms with E-state index in [4.69, 9.17) is 0 Å². The van der Waals surface area contributed by atoms with E-state index >= 15 is 0 Å². The van der Waals surface area contributed by atoms with Crippen LogP contribution in [-0.4, -0.2) is 55.1 Å². The van der Waals surface area contributed by atoms with Crippen molar-refractivity contribution in [1.29, 1.82) is 0 Å². The second-order valence-corrected chi connectivity index (χ2v) is 7.21. The highest BCUT2D eigenvalue weighted by atomic mass is 16.1. The van der Waals surface area contributed by atoms with Crippen LogP contribution in [0.1, 0.15) is 30.6 Å². The number of benzene rings is 1. The maximum Gasteiger partial charge on any atom is 0.257 e. The third-order valence-electron chi connectivity index (χ3n) is 5.02. The van der Waals surface area contributed by atoms with Gasteiger partial charge in [0.1, 0.15) is 0 Å². The first kappa shape index (κ1) is 19.2. The molecule has 1 unspecified atom stereocenters. The molecule has 0 bridgehead atoms. The Morgan fingerprint density at radius 3 is 2.48 bits per heavy atom. The second kappa shape index (κ2) is 8.86. The largest absolute Gasteiger partial charge is 0.381 e. The number of hydrogen-bond donors (Lipinski definition) is 2. The lowest BCUT2D eigenvalue weighted by Gasteiger charge is -2.34. The van der Waals surface area contributed by atoms with Crippen molar-refractivity contribution in [3.05, 3.63) is 48.3 Å². The Bertz CT molecular complexity index is 753. The van der Waals surface area contributed by atoms with Crippen LogP contribution in [0.5, 0.6) is 0 Å². The Hall–Kier alpha value is -2.60. The van der Waals surface area contributed by atoms with Gasteiger partial charge in [0.25, 0.3) is 5.91 Å². The molecule has 0 aliphatic carbocycles. The third kappa shape index (κ3) is 5.20. The van der Waals surface area contributed by atoms with Crippen molar-refractivity contribution in [2.24, 2.45) is 0 Å². The molecule has 1 fully saturated rings. The normalized spacial score (nSPS) is 16.0. The van der Waals surface area contributed by atoms with Crippen molar-refractivity contribution < 1.29 is 4.79 Å². The number of nitrogens with one attached hydrogen (secondary N) is 2. The minimum atomic E-state index is -0.150. The predicted molar refractivity (Wildman–Crippen MR) is 112 cm³/mol. The van der Waals surface area contributed by atoms with Gasteiger partial charge in [0, 0.05) is 56.0 Å². The van der Waals surface area contributed by atoms with E-state index in [0.29, 0.717) is 11.6 Å². The predicted octanol–water partition coefficient (Wildman–Crippen LogP) is 3.30. The van der Waals surface area contributed by atoms with E-state index in [9.17, 15) is 4.79 Å². The van der Waals surface area contributed by atoms with Gasteiger partial charge in [-0.2, -0.15) is 0 Å². The Labute approximate surface area is 161 Å². The maximum absolute atomic E-state index is 12.5. The van der Waals surface area contributed by atoms with Gasteiger partial charge in [-0.1, -0.05) is 6.92 Å². The summed E-state index contributed by atoms with van der Waals surface area (Å²) in [7, 11) is 2.15. The summed E-state index contributed by atoms with van der Waals surface area (Å²) in [5.74, 6) is -0.150. The number of aromatic nitrogens is 1. The lowest BCUT2D eigenvalue weighted by atomic mass is 10.2. The molecule has 1 aliphatic heterocycles. The molecule has 1 aromatic heterocycles. The molecule has 144 valence electrons. The number of anilines is 3. The molecule has 2 aromatic rings. The topological polar surface area (TPSA) is 60.5 Å². The quantitative estimate of drug-likeness (QED) is 0.820. The molecule has 6 heteroatoms. The highest BCUT2D eigenvalue weighted by Crippen LogP contribution is 2.20. The number of carbonyl (C=O) groups is 1. The summed E-state index contributed by atoms with van der Waals surface area (Å²) in [4.78, 5) is 21.4. The summed E-state index contributed by atoms with van der Waals surface area (Å²) in [5.41, 5.74) is 3.40. The average Bonchev–Trinajstić information content (AvgIpc) is 2.69. The fraction of sp³-hybridized carbons (Fsp3) is 0.429. The van der Waals surface area contributed by atoms with E-state index in [0.717, 1.165) is 44.0 Å². The molecule has 1 aromatic carbocycles. The maximum atomic E-state index is 12.5. The molecular weight excluding hydrogens is 338 g/mol. The highest BCUT2D eigenvalue weighted by Gasteiger charge is 2.14.